The Labute approximate surface area is 175 Å². The molecule has 10 heteroatoms. The number of nitrogens with one attached hydrogen (secondary N) is 2. The first-order chi connectivity index (χ1) is 14.3. The van der Waals surface area contributed by atoms with Gasteiger partial charge in [-0.15, -0.1) is 10.2 Å². The number of aliphatic carboxylic acids is 1. The van der Waals surface area contributed by atoms with Crippen LogP contribution in [0.1, 0.15) is 30.7 Å². The molecule has 154 valence electrons. The molecule has 0 bridgehead atoms. The van der Waals surface area contributed by atoms with Gasteiger partial charge in [0.05, 0.1) is 0 Å². The molecule has 0 spiro atoms. The minimum atomic E-state index is -1.08. The zero-order chi connectivity index (χ0) is 21.7. The minimum absolute atomic E-state index is 0.0337. The summed E-state index contributed by atoms with van der Waals surface area (Å²) in [6, 6.07) is 11.7. The van der Waals surface area contributed by atoms with E-state index >= 15 is 0 Å². The van der Waals surface area contributed by atoms with Crippen molar-refractivity contribution in [3.8, 4) is 5.75 Å². The van der Waals surface area contributed by atoms with Crippen LogP contribution in [0.2, 0.25) is 0 Å². The molecule has 2 amide bonds. The van der Waals surface area contributed by atoms with E-state index in [9.17, 15) is 14.4 Å². The fourth-order valence-corrected chi connectivity index (χ4v) is 3.01. The molecule has 0 aliphatic rings. The Morgan fingerprint density at radius 1 is 0.900 bits per heavy atom. The van der Waals surface area contributed by atoms with Crippen LogP contribution < -0.4 is 15.4 Å². The van der Waals surface area contributed by atoms with Gasteiger partial charge in [0.1, 0.15) is 5.75 Å². The van der Waals surface area contributed by atoms with Crippen LogP contribution in [0.15, 0.2) is 42.5 Å². The second-order valence-corrected chi connectivity index (χ2v) is 7.30. The average Bonchev–Trinajstić information content (AvgIpc) is 3.21. The van der Waals surface area contributed by atoms with Crippen LogP contribution in [-0.4, -0.2) is 39.7 Å². The number of benzene rings is 2. The number of carbonyl (C=O) groups excluding carboxylic acids is 2. The summed E-state index contributed by atoms with van der Waals surface area (Å²) in [5.74, 6) is -1.69. The number of carboxylic acids is 1. The number of carboxylic acid groups (broad SMARTS) is 1. The molecule has 0 saturated carbocycles. The molecule has 0 aliphatic carbocycles. The number of amides is 2. The topological polar surface area (TPSA) is 131 Å². The van der Waals surface area contributed by atoms with Crippen LogP contribution in [0.3, 0.4) is 0 Å². The SMILES string of the molecule is Cc1ccc(NC(=O)c2nnc(C(=O)Nc3ccc(OCC(=O)O)cc3)s2)cc1C. The maximum absolute atomic E-state index is 12.4. The predicted octanol–water partition coefficient (Wildman–Crippen LogP) is 3.12. The van der Waals surface area contributed by atoms with Crippen LogP contribution in [0.5, 0.6) is 5.75 Å². The summed E-state index contributed by atoms with van der Waals surface area (Å²) >= 11 is 0.873. The van der Waals surface area contributed by atoms with Gasteiger partial charge in [0.25, 0.3) is 11.8 Å². The second-order valence-electron chi connectivity index (χ2n) is 6.33. The van der Waals surface area contributed by atoms with Crippen molar-refractivity contribution in [3.05, 3.63) is 63.6 Å². The van der Waals surface area contributed by atoms with Crippen molar-refractivity contribution in [2.24, 2.45) is 0 Å². The predicted molar refractivity (Wildman–Crippen MR) is 111 cm³/mol. The number of hydrogen-bond donors (Lipinski definition) is 3. The van der Waals surface area contributed by atoms with Crippen LogP contribution in [0, 0.1) is 13.8 Å². The molecule has 2 aromatic carbocycles. The van der Waals surface area contributed by atoms with E-state index in [4.69, 9.17) is 9.84 Å². The van der Waals surface area contributed by atoms with Gasteiger partial charge in [-0.1, -0.05) is 17.4 Å². The van der Waals surface area contributed by atoms with E-state index in [-0.39, 0.29) is 10.0 Å². The van der Waals surface area contributed by atoms with E-state index in [0.717, 1.165) is 22.5 Å². The molecule has 0 saturated heterocycles. The molecule has 30 heavy (non-hydrogen) atoms. The number of carbonyl (C=O) groups is 3. The second kappa shape index (κ2) is 9.14. The average molecular weight is 426 g/mol. The van der Waals surface area contributed by atoms with E-state index in [0.29, 0.717) is 17.1 Å². The van der Waals surface area contributed by atoms with Gasteiger partial charge in [0.2, 0.25) is 10.0 Å². The summed E-state index contributed by atoms with van der Waals surface area (Å²) in [5.41, 5.74) is 3.25. The van der Waals surface area contributed by atoms with Gasteiger partial charge in [-0.25, -0.2) is 4.79 Å². The van der Waals surface area contributed by atoms with Gasteiger partial charge < -0.3 is 20.5 Å². The van der Waals surface area contributed by atoms with Crippen molar-refractivity contribution in [1.29, 1.82) is 0 Å². The number of aryl methyl sites for hydroxylation is 2. The number of rotatable bonds is 7. The molecule has 3 N–H and O–H groups in total. The van der Waals surface area contributed by atoms with Crippen molar-refractivity contribution in [1.82, 2.24) is 10.2 Å². The molecule has 3 rings (SSSR count). The van der Waals surface area contributed by atoms with E-state index < -0.39 is 24.4 Å². The fourth-order valence-electron chi connectivity index (χ4n) is 2.37. The van der Waals surface area contributed by atoms with Crippen molar-refractivity contribution >= 4 is 40.5 Å². The largest absolute Gasteiger partial charge is 0.482 e. The summed E-state index contributed by atoms with van der Waals surface area (Å²) in [4.78, 5) is 35.2. The standard InChI is InChI=1S/C20H18N4O5S/c1-11-3-4-14(9-12(11)2)22-18(28)20-24-23-19(30-20)17(27)21-13-5-7-15(8-6-13)29-10-16(25)26/h3-9H,10H2,1-2H3,(H,21,27)(H,22,28)(H,25,26). The zero-order valence-electron chi connectivity index (χ0n) is 16.1. The highest BCUT2D eigenvalue weighted by Crippen LogP contribution is 2.19. The Morgan fingerprint density at radius 3 is 2.03 bits per heavy atom. The zero-order valence-corrected chi connectivity index (χ0v) is 16.9. The third-order valence-electron chi connectivity index (χ3n) is 4.05. The first-order valence-corrected chi connectivity index (χ1v) is 9.61. The molecular formula is C20H18N4O5S. The van der Waals surface area contributed by atoms with Gasteiger partial charge in [-0.3, -0.25) is 9.59 Å². The molecular weight excluding hydrogens is 408 g/mol. The lowest BCUT2D eigenvalue weighted by Crippen LogP contribution is -2.12. The first-order valence-electron chi connectivity index (χ1n) is 8.80. The summed E-state index contributed by atoms with van der Waals surface area (Å²) in [6.45, 7) is 3.47. The van der Waals surface area contributed by atoms with Crippen molar-refractivity contribution in [2.75, 3.05) is 17.2 Å². The molecule has 1 heterocycles. The molecule has 0 radical (unpaired) electrons. The minimum Gasteiger partial charge on any atom is -0.482 e. The van der Waals surface area contributed by atoms with Gasteiger partial charge in [-0.05, 0) is 61.4 Å². The highest BCUT2D eigenvalue weighted by atomic mass is 32.1. The highest BCUT2D eigenvalue weighted by molar-refractivity contribution is 7.15. The fraction of sp³-hybridized carbons (Fsp3) is 0.150. The summed E-state index contributed by atoms with van der Waals surface area (Å²) < 4.78 is 5.03. The quantitative estimate of drug-likeness (QED) is 0.529. The molecule has 1 aromatic heterocycles. The van der Waals surface area contributed by atoms with E-state index in [2.05, 4.69) is 20.8 Å². The Bertz CT molecular complexity index is 1090. The summed E-state index contributed by atoms with van der Waals surface area (Å²) in [5, 5.41) is 21.6. The number of nitrogens with zero attached hydrogens (tertiary/aromatic N) is 2. The van der Waals surface area contributed by atoms with Crippen LogP contribution in [0.4, 0.5) is 11.4 Å². The monoisotopic (exact) mass is 426 g/mol. The third kappa shape index (κ3) is 5.39. The Balaban J connectivity index is 1.60. The molecule has 3 aromatic rings. The van der Waals surface area contributed by atoms with Crippen LogP contribution in [0.25, 0.3) is 0 Å². The highest BCUT2D eigenvalue weighted by Gasteiger charge is 2.18. The molecule has 9 nitrogen and oxygen atoms in total. The number of anilines is 2. The maximum atomic E-state index is 12.4. The van der Waals surface area contributed by atoms with Gasteiger partial charge in [0.15, 0.2) is 6.61 Å². The third-order valence-corrected chi connectivity index (χ3v) is 4.97. The molecule has 0 unspecified atom stereocenters. The molecule has 0 fully saturated rings. The Hall–Kier alpha value is -3.79. The number of ether oxygens (including phenoxy) is 1. The van der Waals surface area contributed by atoms with Crippen molar-refractivity contribution < 1.29 is 24.2 Å². The summed E-state index contributed by atoms with van der Waals surface area (Å²) in [7, 11) is 0. The normalized spacial score (nSPS) is 10.3. The Morgan fingerprint density at radius 2 is 1.47 bits per heavy atom. The maximum Gasteiger partial charge on any atom is 0.341 e. The smallest absolute Gasteiger partial charge is 0.341 e. The molecule has 0 atom stereocenters. The number of hydrogen-bond acceptors (Lipinski definition) is 7. The van der Waals surface area contributed by atoms with E-state index in [1.54, 1.807) is 18.2 Å². The van der Waals surface area contributed by atoms with Gasteiger partial charge >= 0.3 is 5.97 Å². The first kappa shape index (κ1) is 20.9. The van der Waals surface area contributed by atoms with Crippen LogP contribution in [-0.2, 0) is 4.79 Å². The molecule has 0 aliphatic heterocycles. The van der Waals surface area contributed by atoms with Gasteiger partial charge in [0, 0.05) is 11.4 Å². The number of aromatic nitrogens is 2. The lowest BCUT2D eigenvalue weighted by molar-refractivity contribution is -0.139. The van der Waals surface area contributed by atoms with E-state index in [1.807, 2.05) is 26.0 Å². The van der Waals surface area contributed by atoms with Crippen molar-refractivity contribution in [2.45, 2.75) is 13.8 Å². The van der Waals surface area contributed by atoms with Gasteiger partial charge in [-0.2, -0.15) is 0 Å². The van der Waals surface area contributed by atoms with Crippen molar-refractivity contribution in [3.63, 3.8) is 0 Å². The Kier molecular flexibility index (Phi) is 6.38. The lowest BCUT2D eigenvalue weighted by atomic mass is 10.1. The summed E-state index contributed by atoms with van der Waals surface area (Å²) in [6.07, 6.45) is 0. The lowest BCUT2D eigenvalue weighted by Gasteiger charge is -2.06. The van der Waals surface area contributed by atoms with Crippen LogP contribution >= 0.6 is 11.3 Å². The van der Waals surface area contributed by atoms with E-state index in [1.165, 1.54) is 12.1 Å².